The van der Waals surface area contributed by atoms with Gasteiger partial charge < -0.3 is 5.11 Å². The van der Waals surface area contributed by atoms with E-state index in [0.717, 1.165) is 11.3 Å². The van der Waals surface area contributed by atoms with Gasteiger partial charge in [-0.15, -0.1) is 6.58 Å². The number of aliphatic hydroxyl groups excluding tert-OH is 1. The lowest BCUT2D eigenvalue weighted by Crippen LogP contribution is -2.27. The number of pyridine rings is 1. The molecule has 3 nitrogen and oxygen atoms in total. The number of halogens is 2. The molecule has 0 bridgehead atoms. The first-order valence-electron chi connectivity index (χ1n) is 5.34. The van der Waals surface area contributed by atoms with Gasteiger partial charge in [-0.2, -0.15) is 0 Å². The van der Waals surface area contributed by atoms with E-state index in [0.29, 0.717) is 29.8 Å². The number of nitrogens with zero attached hydrogens (tertiary/aromatic N) is 2. The minimum atomic E-state index is 0.0857. The summed E-state index contributed by atoms with van der Waals surface area (Å²) in [5.41, 5.74) is 1.58. The van der Waals surface area contributed by atoms with E-state index in [4.69, 9.17) is 28.3 Å². The fraction of sp³-hybridized carbons (Fsp3) is 0.417. The summed E-state index contributed by atoms with van der Waals surface area (Å²) in [6, 6.07) is 1.79. The van der Waals surface area contributed by atoms with Crippen molar-refractivity contribution in [2.24, 2.45) is 0 Å². The Hall–Kier alpha value is -0.610. The van der Waals surface area contributed by atoms with E-state index in [1.54, 1.807) is 12.1 Å². The summed E-state index contributed by atoms with van der Waals surface area (Å²) in [6.45, 7) is 7.38. The Kier molecular flexibility index (Phi) is 5.92. The van der Waals surface area contributed by atoms with E-state index in [2.05, 4.69) is 11.6 Å². The molecule has 1 rings (SSSR count). The highest BCUT2D eigenvalue weighted by molar-refractivity contribution is 6.35. The molecule has 1 heterocycles. The van der Waals surface area contributed by atoms with E-state index in [1.165, 1.54) is 0 Å². The zero-order valence-corrected chi connectivity index (χ0v) is 11.3. The number of hydrogen-bond donors (Lipinski definition) is 1. The van der Waals surface area contributed by atoms with E-state index >= 15 is 0 Å². The number of hydrogen-bond acceptors (Lipinski definition) is 3. The van der Waals surface area contributed by atoms with Gasteiger partial charge in [0.1, 0.15) is 5.15 Å². The third-order valence-corrected chi connectivity index (χ3v) is 2.98. The van der Waals surface area contributed by atoms with Gasteiger partial charge in [-0.05, 0) is 13.0 Å². The average Bonchev–Trinajstić information content (AvgIpc) is 2.23. The molecule has 0 atom stereocenters. The van der Waals surface area contributed by atoms with E-state index in [-0.39, 0.29) is 6.61 Å². The first kappa shape index (κ1) is 14.5. The molecule has 0 aliphatic carbocycles. The van der Waals surface area contributed by atoms with Crippen LogP contribution >= 0.6 is 23.2 Å². The van der Waals surface area contributed by atoms with Gasteiger partial charge in [0.25, 0.3) is 0 Å². The zero-order valence-electron chi connectivity index (χ0n) is 9.79. The van der Waals surface area contributed by atoms with Crippen molar-refractivity contribution in [2.45, 2.75) is 13.5 Å². The van der Waals surface area contributed by atoms with E-state index in [1.807, 2.05) is 11.8 Å². The van der Waals surface area contributed by atoms with Crippen LogP contribution < -0.4 is 0 Å². The molecular formula is C12H16Cl2N2O. The quantitative estimate of drug-likeness (QED) is 0.640. The average molecular weight is 275 g/mol. The number of aromatic nitrogens is 1. The summed E-state index contributed by atoms with van der Waals surface area (Å²) in [7, 11) is 0. The van der Waals surface area contributed by atoms with Crippen molar-refractivity contribution in [3.05, 3.63) is 40.2 Å². The standard InChI is InChI=1S/C12H16Cl2N2O/c1-3-4-16(5-6-17)8-10-11(13)7-9(2)15-12(10)14/h3,7,17H,1,4-6,8H2,2H3. The van der Waals surface area contributed by atoms with Gasteiger partial charge in [-0.25, -0.2) is 4.98 Å². The number of rotatable bonds is 6. The summed E-state index contributed by atoms with van der Waals surface area (Å²) >= 11 is 12.2. The molecule has 0 spiro atoms. The molecule has 94 valence electrons. The minimum Gasteiger partial charge on any atom is -0.395 e. The molecule has 0 unspecified atom stereocenters. The molecule has 5 heteroatoms. The maximum atomic E-state index is 8.97. The summed E-state index contributed by atoms with van der Waals surface area (Å²) in [6.07, 6.45) is 1.78. The zero-order chi connectivity index (χ0) is 12.8. The monoisotopic (exact) mass is 274 g/mol. The van der Waals surface area contributed by atoms with Gasteiger partial charge in [0.05, 0.1) is 6.61 Å². The Morgan fingerprint density at radius 3 is 2.76 bits per heavy atom. The maximum Gasteiger partial charge on any atom is 0.135 e. The highest BCUT2D eigenvalue weighted by Crippen LogP contribution is 2.25. The molecule has 0 aliphatic heterocycles. The van der Waals surface area contributed by atoms with Crippen LogP contribution in [0.2, 0.25) is 10.2 Å². The SMILES string of the molecule is C=CCN(CCO)Cc1c(Cl)cc(C)nc1Cl. The summed E-state index contributed by atoms with van der Waals surface area (Å²) in [4.78, 5) is 6.17. The van der Waals surface area contributed by atoms with E-state index in [9.17, 15) is 0 Å². The molecule has 0 aromatic carbocycles. The van der Waals surface area contributed by atoms with Gasteiger partial charge in [0.2, 0.25) is 0 Å². The Morgan fingerprint density at radius 2 is 2.24 bits per heavy atom. The van der Waals surface area contributed by atoms with Crippen LogP contribution in [0.1, 0.15) is 11.3 Å². The predicted molar refractivity (Wildman–Crippen MR) is 71.6 cm³/mol. The molecular weight excluding hydrogens is 259 g/mol. The molecule has 0 radical (unpaired) electrons. The lowest BCUT2D eigenvalue weighted by atomic mass is 10.2. The van der Waals surface area contributed by atoms with Crippen LogP contribution in [0.25, 0.3) is 0 Å². The van der Waals surface area contributed by atoms with Crippen molar-refractivity contribution in [3.63, 3.8) is 0 Å². The van der Waals surface area contributed by atoms with Crippen molar-refractivity contribution < 1.29 is 5.11 Å². The molecule has 1 N–H and O–H groups in total. The highest BCUT2D eigenvalue weighted by atomic mass is 35.5. The number of aliphatic hydroxyl groups is 1. The van der Waals surface area contributed by atoms with Gasteiger partial charge in [-0.3, -0.25) is 4.90 Å². The fourth-order valence-corrected chi connectivity index (χ4v) is 2.20. The van der Waals surface area contributed by atoms with Crippen molar-refractivity contribution in [1.82, 2.24) is 9.88 Å². The highest BCUT2D eigenvalue weighted by Gasteiger charge is 2.12. The summed E-state index contributed by atoms with van der Waals surface area (Å²) in [5, 5.41) is 9.99. The second kappa shape index (κ2) is 6.97. The second-order valence-corrected chi connectivity index (χ2v) is 4.53. The fourth-order valence-electron chi connectivity index (χ4n) is 1.55. The smallest absolute Gasteiger partial charge is 0.135 e. The van der Waals surface area contributed by atoms with Crippen molar-refractivity contribution in [2.75, 3.05) is 19.7 Å². The molecule has 17 heavy (non-hydrogen) atoms. The van der Waals surface area contributed by atoms with Crippen LogP contribution in [0.3, 0.4) is 0 Å². The lowest BCUT2D eigenvalue weighted by Gasteiger charge is -2.20. The molecule has 0 saturated carbocycles. The third kappa shape index (κ3) is 4.28. The van der Waals surface area contributed by atoms with Gasteiger partial charge in [0.15, 0.2) is 0 Å². The van der Waals surface area contributed by atoms with Crippen molar-refractivity contribution in [1.29, 1.82) is 0 Å². The Morgan fingerprint density at radius 1 is 1.53 bits per heavy atom. The van der Waals surface area contributed by atoms with Crippen molar-refractivity contribution >= 4 is 23.2 Å². The third-order valence-electron chi connectivity index (χ3n) is 2.33. The number of aryl methyl sites for hydroxylation is 1. The molecule has 0 amide bonds. The van der Waals surface area contributed by atoms with Crippen LogP contribution in [0.15, 0.2) is 18.7 Å². The summed E-state index contributed by atoms with van der Waals surface area (Å²) in [5.74, 6) is 0. The van der Waals surface area contributed by atoms with Crippen molar-refractivity contribution in [3.8, 4) is 0 Å². The molecule has 0 aliphatic rings. The maximum absolute atomic E-state index is 8.97. The second-order valence-electron chi connectivity index (χ2n) is 3.76. The van der Waals surface area contributed by atoms with Gasteiger partial charge in [0, 0.05) is 35.9 Å². The normalized spacial score (nSPS) is 10.9. The Labute approximate surface area is 112 Å². The minimum absolute atomic E-state index is 0.0857. The molecule has 0 saturated heterocycles. The first-order valence-corrected chi connectivity index (χ1v) is 6.09. The van der Waals surface area contributed by atoms with Crippen LogP contribution in [0.5, 0.6) is 0 Å². The van der Waals surface area contributed by atoms with Crippen LogP contribution in [0, 0.1) is 6.92 Å². The Balaban J connectivity index is 2.88. The van der Waals surface area contributed by atoms with Gasteiger partial charge in [-0.1, -0.05) is 29.3 Å². The molecule has 1 aromatic rings. The lowest BCUT2D eigenvalue weighted by molar-refractivity contribution is 0.203. The molecule has 0 fully saturated rings. The van der Waals surface area contributed by atoms with Gasteiger partial charge >= 0.3 is 0 Å². The topological polar surface area (TPSA) is 36.4 Å². The Bertz CT molecular complexity index is 373. The largest absolute Gasteiger partial charge is 0.395 e. The van der Waals surface area contributed by atoms with Crippen LogP contribution in [-0.2, 0) is 6.54 Å². The van der Waals surface area contributed by atoms with Crippen LogP contribution in [-0.4, -0.2) is 34.7 Å². The predicted octanol–water partition coefficient (Wildman–Crippen LogP) is 2.68. The molecule has 1 aromatic heterocycles. The van der Waals surface area contributed by atoms with E-state index < -0.39 is 0 Å². The first-order chi connectivity index (χ1) is 8.08. The van der Waals surface area contributed by atoms with Crippen LogP contribution in [0.4, 0.5) is 0 Å². The summed E-state index contributed by atoms with van der Waals surface area (Å²) < 4.78 is 0.